The predicted molar refractivity (Wildman–Crippen MR) is 117 cm³/mol. The Morgan fingerprint density at radius 1 is 0.519 bits per heavy atom. The molecule has 162 valence electrons. The molecule has 0 saturated carbocycles. The summed E-state index contributed by atoms with van der Waals surface area (Å²) < 4.78 is 18.6. The fraction of sp³-hybridized carbons (Fsp3) is 0.917. The molecule has 0 unspecified atom stereocenters. The molecule has 0 fully saturated rings. The van der Waals surface area contributed by atoms with Crippen molar-refractivity contribution in [1.29, 1.82) is 0 Å². The minimum Gasteiger partial charge on any atom is -0.485 e. The van der Waals surface area contributed by atoms with Gasteiger partial charge < -0.3 is 14.2 Å². The Hall–Kier alpha value is -0.860. The lowest BCUT2D eigenvalue weighted by Crippen LogP contribution is -2.29. The second kappa shape index (κ2) is 11.9. The van der Waals surface area contributed by atoms with E-state index in [-0.39, 0.29) is 16.8 Å². The molecule has 0 saturated heterocycles. The summed E-state index contributed by atoms with van der Waals surface area (Å²) in [5.74, 6) is 1.39. The third-order valence-corrected chi connectivity index (χ3v) is 3.71. The number of ether oxygens (including phenoxy) is 3. The summed E-state index contributed by atoms with van der Waals surface area (Å²) in [5, 5.41) is 0. The fourth-order valence-electron chi connectivity index (χ4n) is 2.67. The highest BCUT2D eigenvalue weighted by Gasteiger charge is 2.27. The zero-order valence-corrected chi connectivity index (χ0v) is 20.1. The van der Waals surface area contributed by atoms with Gasteiger partial charge in [0.25, 0.3) is 0 Å². The molecule has 0 aliphatic heterocycles. The molecular formula is C24H48O3. The standard InChI is InChI=1S/C24H48O3/c1-11-12-13-14-15-16-17-18-19-20(25-22(2,3)4)21(26-23(5,6)7)27-24(8,9)10/h11-19H2,1-10H3. The van der Waals surface area contributed by atoms with Gasteiger partial charge in [-0.3, -0.25) is 0 Å². The molecule has 0 aromatic carbocycles. The molecule has 3 nitrogen and oxygen atoms in total. The normalized spacial score (nSPS) is 12.7. The first kappa shape index (κ1) is 26.1. The van der Waals surface area contributed by atoms with Gasteiger partial charge in [0.05, 0.1) is 0 Å². The molecule has 0 rings (SSSR count). The van der Waals surface area contributed by atoms with Gasteiger partial charge in [0.1, 0.15) is 16.8 Å². The number of allylic oxidation sites excluding steroid dienone is 1. The van der Waals surface area contributed by atoms with Crippen LogP contribution in [-0.2, 0) is 14.2 Å². The van der Waals surface area contributed by atoms with Crippen LogP contribution in [0.15, 0.2) is 11.7 Å². The molecule has 0 aromatic rings. The van der Waals surface area contributed by atoms with Crippen LogP contribution in [0.2, 0.25) is 0 Å². The van der Waals surface area contributed by atoms with Gasteiger partial charge in [0.2, 0.25) is 0 Å². The Bertz CT molecular complexity index is 398. The van der Waals surface area contributed by atoms with E-state index in [1.54, 1.807) is 0 Å². The topological polar surface area (TPSA) is 27.7 Å². The molecule has 0 atom stereocenters. The van der Waals surface area contributed by atoms with Gasteiger partial charge in [-0.05, 0) is 68.7 Å². The Labute approximate surface area is 170 Å². The average Bonchev–Trinajstić information content (AvgIpc) is 2.44. The molecule has 0 heterocycles. The van der Waals surface area contributed by atoms with Crippen molar-refractivity contribution in [2.75, 3.05) is 0 Å². The Morgan fingerprint density at radius 2 is 0.889 bits per heavy atom. The number of hydrogen-bond donors (Lipinski definition) is 0. The molecule has 27 heavy (non-hydrogen) atoms. The van der Waals surface area contributed by atoms with Crippen LogP contribution >= 0.6 is 0 Å². The maximum atomic E-state index is 6.28. The Balaban J connectivity index is 5.00. The van der Waals surface area contributed by atoms with Gasteiger partial charge in [-0.15, -0.1) is 0 Å². The second-order valence-electron chi connectivity index (χ2n) is 10.6. The van der Waals surface area contributed by atoms with E-state index in [1.165, 1.54) is 44.9 Å². The van der Waals surface area contributed by atoms with E-state index >= 15 is 0 Å². The fourth-order valence-corrected chi connectivity index (χ4v) is 2.67. The van der Waals surface area contributed by atoms with Gasteiger partial charge in [0.15, 0.2) is 5.76 Å². The molecule has 0 aliphatic carbocycles. The number of unbranched alkanes of at least 4 members (excludes halogenated alkanes) is 7. The van der Waals surface area contributed by atoms with Crippen molar-refractivity contribution in [1.82, 2.24) is 0 Å². The molecule has 0 amide bonds. The molecule has 0 radical (unpaired) electrons. The van der Waals surface area contributed by atoms with Gasteiger partial charge in [-0.25, -0.2) is 0 Å². The van der Waals surface area contributed by atoms with Crippen LogP contribution in [0, 0.1) is 0 Å². The lowest BCUT2D eigenvalue weighted by atomic mass is 10.1. The zero-order chi connectivity index (χ0) is 21.1. The lowest BCUT2D eigenvalue weighted by molar-refractivity contribution is -0.110. The maximum Gasteiger partial charge on any atom is 0.320 e. The summed E-state index contributed by atoms with van der Waals surface area (Å²) in [5.41, 5.74) is -0.929. The smallest absolute Gasteiger partial charge is 0.320 e. The van der Waals surface area contributed by atoms with Crippen LogP contribution in [0.1, 0.15) is 127 Å². The summed E-state index contributed by atoms with van der Waals surface area (Å²) in [7, 11) is 0. The molecule has 0 N–H and O–H groups in total. The predicted octanol–water partition coefficient (Wildman–Crippen LogP) is 8.13. The molecule has 0 bridgehead atoms. The van der Waals surface area contributed by atoms with E-state index in [1.807, 2.05) is 41.5 Å². The van der Waals surface area contributed by atoms with Crippen molar-refractivity contribution < 1.29 is 14.2 Å². The monoisotopic (exact) mass is 384 g/mol. The SMILES string of the molecule is CCCCCCCCCCC(OC(C)(C)C)=C(OC(C)(C)C)OC(C)(C)C. The first-order valence-electron chi connectivity index (χ1n) is 11.0. The van der Waals surface area contributed by atoms with E-state index in [4.69, 9.17) is 14.2 Å². The van der Waals surface area contributed by atoms with Crippen molar-refractivity contribution in [3.63, 3.8) is 0 Å². The molecule has 3 heteroatoms. The van der Waals surface area contributed by atoms with Crippen molar-refractivity contribution in [2.45, 2.75) is 144 Å². The van der Waals surface area contributed by atoms with Crippen molar-refractivity contribution in [2.24, 2.45) is 0 Å². The molecule has 0 aliphatic rings. The van der Waals surface area contributed by atoms with E-state index < -0.39 is 0 Å². The first-order chi connectivity index (χ1) is 12.2. The van der Waals surface area contributed by atoms with Crippen LogP contribution in [-0.4, -0.2) is 16.8 Å². The van der Waals surface area contributed by atoms with Crippen LogP contribution in [0.5, 0.6) is 0 Å². The summed E-state index contributed by atoms with van der Waals surface area (Å²) in [6, 6.07) is 0. The van der Waals surface area contributed by atoms with Gasteiger partial charge in [-0.2, -0.15) is 0 Å². The first-order valence-corrected chi connectivity index (χ1v) is 11.0. The Morgan fingerprint density at radius 3 is 1.26 bits per heavy atom. The van der Waals surface area contributed by atoms with Crippen LogP contribution in [0.25, 0.3) is 0 Å². The third-order valence-electron chi connectivity index (χ3n) is 3.71. The molecule has 0 aromatic heterocycles. The van der Waals surface area contributed by atoms with Gasteiger partial charge in [0, 0.05) is 6.42 Å². The van der Waals surface area contributed by atoms with Crippen LogP contribution in [0.3, 0.4) is 0 Å². The van der Waals surface area contributed by atoms with Crippen LogP contribution < -0.4 is 0 Å². The minimum atomic E-state index is -0.327. The maximum absolute atomic E-state index is 6.28. The van der Waals surface area contributed by atoms with Crippen LogP contribution in [0.4, 0.5) is 0 Å². The second-order valence-corrected chi connectivity index (χ2v) is 10.6. The molecular weight excluding hydrogens is 336 g/mol. The highest BCUT2D eigenvalue weighted by molar-refractivity contribution is 5.00. The quantitative estimate of drug-likeness (QED) is 0.251. The average molecular weight is 385 g/mol. The molecule has 0 spiro atoms. The highest BCUT2D eigenvalue weighted by atomic mass is 16.7. The summed E-state index contributed by atoms with van der Waals surface area (Å²) in [6.45, 7) is 20.8. The van der Waals surface area contributed by atoms with Crippen molar-refractivity contribution in [3.8, 4) is 0 Å². The Kier molecular flexibility index (Phi) is 11.5. The van der Waals surface area contributed by atoms with Gasteiger partial charge in [-0.1, -0.05) is 51.9 Å². The van der Waals surface area contributed by atoms with Crippen molar-refractivity contribution in [3.05, 3.63) is 11.7 Å². The summed E-state index contributed by atoms with van der Waals surface area (Å²) in [6.07, 6.45) is 11.2. The van der Waals surface area contributed by atoms with E-state index in [0.29, 0.717) is 5.95 Å². The number of hydrogen-bond acceptors (Lipinski definition) is 3. The summed E-state index contributed by atoms with van der Waals surface area (Å²) >= 11 is 0. The summed E-state index contributed by atoms with van der Waals surface area (Å²) in [4.78, 5) is 0. The van der Waals surface area contributed by atoms with E-state index in [9.17, 15) is 0 Å². The van der Waals surface area contributed by atoms with Gasteiger partial charge >= 0.3 is 5.95 Å². The van der Waals surface area contributed by atoms with E-state index in [0.717, 1.165) is 18.6 Å². The van der Waals surface area contributed by atoms with E-state index in [2.05, 4.69) is 27.7 Å². The lowest BCUT2D eigenvalue weighted by Gasteiger charge is -2.32. The highest BCUT2D eigenvalue weighted by Crippen LogP contribution is 2.29. The number of rotatable bonds is 12. The zero-order valence-electron chi connectivity index (χ0n) is 20.1. The van der Waals surface area contributed by atoms with Crippen molar-refractivity contribution >= 4 is 0 Å². The largest absolute Gasteiger partial charge is 0.485 e. The minimum absolute atomic E-state index is 0.275. The third kappa shape index (κ3) is 17.0.